The molecule has 0 N–H and O–H groups in total. The van der Waals surface area contributed by atoms with Gasteiger partial charge in [0.05, 0.1) is 0 Å². The van der Waals surface area contributed by atoms with Gasteiger partial charge in [0.25, 0.3) is 0 Å². The number of rotatable bonds is 39. The van der Waals surface area contributed by atoms with E-state index < -0.39 is 6.10 Å². The molecule has 57 heavy (non-hydrogen) atoms. The molecular weight excluding hydrogens is 709 g/mol. The van der Waals surface area contributed by atoms with Gasteiger partial charge < -0.3 is 14.2 Å². The van der Waals surface area contributed by atoms with Gasteiger partial charge in [0.15, 0.2) is 6.10 Å². The third-order valence-corrected chi connectivity index (χ3v) is 9.20. The molecule has 1 unspecified atom stereocenters. The van der Waals surface area contributed by atoms with E-state index in [4.69, 9.17) is 14.2 Å². The first-order chi connectivity index (χ1) is 28.0. The van der Waals surface area contributed by atoms with Gasteiger partial charge in [-0.3, -0.25) is 14.4 Å². The maximum absolute atomic E-state index is 12.7. The quantitative estimate of drug-likeness (QED) is 0.0203. The third kappa shape index (κ3) is 43.3. The lowest BCUT2D eigenvalue weighted by Crippen LogP contribution is -2.30. The van der Waals surface area contributed by atoms with Crippen LogP contribution in [0.4, 0.5) is 0 Å². The Balaban J connectivity index is 4.52. The normalized spacial score (nSPS) is 13.0. The van der Waals surface area contributed by atoms with Crippen molar-refractivity contribution < 1.29 is 28.6 Å². The maximum Gasteiger partial charge on any atom is 0.306 e. The van der Waals surface area contributed by atoms with Gasteiger partial charge in [0.2, 0.25) is 0 Å². The number of ether oxygens (including phenoxy) is 3. The van der Waals surface area contributed by atoms with Crippen LogP contribution in [0.5, 0.6) is 0 Å². The first kappa shape index (κ1) is 53.3. The molecule has 0 radical (unpaired) electrons. The van der Waals surface area contributed by atoms with Gasteiger partial charge in [-0.05, 0) is 83.5 Å². The Morgan fingerprint density at radius 2 is 0.719 bits per heavy atom. The van der Waals surface area contributed by atoms with Crippen molar-refractivity contribution in [2.45, 2.75) is 194 Å². The maximum atomic E-state index is 12.7. The summed E-state index contributed by atoms with van der Waals surface area (Å²) in [7, 11) is 0. The summed E-state index contributed by atoms with van der Waals surface area (Å²) in [6.07, 6.45) is 58.2. The summed E-state index contributed by atoms with van der Waals surface area (Å²) in [6, 6.07) is 0. The zero-order valence-corrected chi connectivity index (χ0v) is 36.6. The van der Waals surface area contributed by atoms with Crippen LogP contribution in [0, 0.1) is 0 Å². The van der Waals surface area contributed by atoms with E-state index in [1.165, 1.54) is 64.2 Å². The van der Waals surface area contributed by atoms with Crippen molar-refractivity contribution in [1.82, 2.24) is 0 Å². The molecule has 0 aliphatic rings. The summed E-state index contributed by atoms with van der Waals surface area (Å²) in [4.78, 5) is 37.7. The number of carbonyl (C=O) groups excluding carboxylic acids is 3. The fourth-order valence-electron chi connectivity index (χ4n) is 5.76. The molecular formula is C51H82O6. The molecule has 0 spiro atoms. The van der Waals surface area contributed by atoms with Crippen molar-refractivity contribution in [2.24, 2.45) is 0 Å². The fourth-order valence-corrected chi connectivity index (χ4v) is 5.76. The SMILES string of the molecule is CC\C=C/C=C\C=C/C=C\C=C\C=C/CCCCCC(=O)OCC(COC(=O)CCC/C=C\CCCCCC)OC(=O)CCCCC/C=C\CCCCCCCC. The van der Waals surface area contributed by atoms with Crippen LogP contribution in [0.3, 0.4) is 0 Å². The average Bonchev–Trinajstić information content (AvgIpc) is 3.21. The van der Waals surface area contributed by atoms with Crippen molar-refractivity contribution in [2.75, 3.05) is 13.2 Å². The summed E-state index contributed by atoms with van der Waals surface area (Å²) >= 11 is 0. The van der Waals surface area contributed by atoms with Gasteiger partial charge in [0, 0.05) is 19.3 Å². The highest BCUT2D eigenvalue weighted by molar-refractivity contribution is 5.71. The first-order valence-corrected chi connectivity index (χ1v) is 22.8. The summed E-state index contributed by atoms with van der Waals surface area (Å²) in [6.45, 7) is 6.34. The minimum Gasteiger partial charge on any atom is -0.462 e. The Kier molecular flexibility index (Phi) is 42.1. The van der Waals surface area contributed by atoms with E-state index in [0.717, 1.165) is 77.0 Å². The molecule has 6 nitrogen and oxygen atoms in total. The minimum absolute atomic E-state index is 0.115. The second kappa shape index (κ2) is 45.0. The standard InChI is InChI=1S/C51H82O6/c1-4-7-10-13-16-19-21-23-24-25-26-28-29-32-35-38-41-44-50(53)56-47-48(46-55-49(52)43-40-37-34-31-18-15-12-9-6-3)57-51(54)45-42-39-36-33-30-27-22-20-17-14-11-8-5-2/h7,10,13,16,19,21,23-31,34,48H,4-6,8-9,11-12,14-15,17-18,20,22,32-33,35-47H2,1-3H3/b10-7-,16-13-,21-19-,24-23-,26-25+,29-28-,30-27-,34-31-. The lowest BCUT2D eigenvalue weighted by atomic mass is 10.1. The second-order valence-electron chi connectivity index (χ2n) is 14.7. The van der Waals surface area contributed by atoms with Gasteiger partial charge in [0.1, 0.15) is 13.2 Å². The molecule has 0 aliphatic heterocycles. The number of hydrogen-bond acceptors (Lipinski definition) is 6. The Labute approximate surface area is 349 Å². The van der Waals surface area contributed by atoms with Gasteiger partial charge >= 0.3 is 17.9 Å². The highest BCUT2D eigenvalue weighted by Gasteiger charge is 2.19. The van der Waals surface area contributed by atoms with E-state index in [-0.39, 0.29) is 37.5 Å². The molecule has 0 amide bonds. The molecule has 0 aromatic heterocycles. The minimum atomic E-state index is -0.813. The van der Waals surface area contributed by atoms with E-state index in [2.05, 4.69) is 57.2 Å². The van der Waals surface area contributed by atoms with E-state index in [0.29, 0.717) is 19.3 Å². The Morgan fingerprint density at radius 1 is 0.368 bits per heavy atom. The Morgan fingerprint density at radius 3 is 1.21 bits per heavy atom. The van der Waals surface area contributed by atoms with Crippen molar-refractivity contribution in [3.05, 3.63) is 97.2 Å². The molecule has 0 heterocycles. The summed E-state index contributed by atoms with van der Waals surface area (Å²) in [5, 5.41) is 0. The van der Waals surface area contributed by atoms with Crippen LogP contribution < -0.4 is 0 Å². The molecule has 0 aliphatic carbocycles. The summed E-state index contributed by atoms with van der Waals surface area (Å²) in [5.41, 5.74) is 0. The van der Waals surface area contributed by atoms with Gasteiger partial charge in [-0.25, -0.2) is 0 Å². The molecule has 6 heteroatoms. The van der Waals surface area contributed by atoms with Crippen LogP contribution in [-0.2, 0) is 28.6 Å². The van der Waals surface area contributed by atoms with Crippen LogP contribution in [0.1, 0.15) is 188 Å². The van der Waals surface area contributed by atoms with Crippen molar-refractivity contribution in [3.63, 3.8) is 0 Å². The Hall–Kier alpha value is -3.67. The first-order valence-electron chi connectivity index (χ1n) is 22.8. The topological polar surface area (TPSA) is 78.9 Å². The molecule has 0 rings (SSSR count). The highest BCUT2D eigenvalue weighted by atomic mass is 16.6. The molecule has 0 saturated carbocycles. The van der Waals surface area contributed by atoms with Crippen LogP contribution in [0.2, 0.25) is 0 Å². The predicted octanol–water partition coefficient (Wildman–Crippen LogP) is 14.6. The van der Waals surface area contributed by atoms with E-state index in [9.17, 15) is 14.4 Å². The van der Waals surface area contributed by atoms with Crippen molar-refractivity contribution in [3.8, 4) is 0 Å². The van der Waals surface area contributed by atoms with E-state index in [1.807, 2.05) is 60.8 Å². The molecule has 0 aromatic rings. The summed E-state index contributed by atoms with van der Waals surface area (Å²) in [5.74, 6) is -1.02. The van der Waals surface area contributed by atoms with Crippen molar-refractivity contribution in [1.29, 1.82) is 0 Å². The monoisotopic (exact) mass is 791 g/mol. The van der Waals surface area contributed by atoms with E-state index >= 15 is 0 Å². The largest absolute Gasteiger partial charge is 0.462 e. The zero-order chi connectivity index (χ0) is 41.5. The fraction of sp³-hybridized carbons (Fsp3) is 0.627. The zero-order valence-electron chi connectivity index (χ0n) is 36.6. The molecule has 322 valence electrons. The van der Waals surface area contributed by atoms with Crippen LogP contribution in [-0.4, -0.2) is 37.2 Å². The number of esters is 3. The van der Waals surface area contributed by atoms with Gasteiger partial charge in [-0.15, -0.1) is 0 Å². The third-order valence-electron chi connectivity index (χ3n) is 9.20. The van der Waals surface area contributed by atoms with Crippen molar-refractivity contribution >= 4 is 17.9 Å². The average molecular weight is 791 g/mol. The van der Waals surface area contributed by atoms with Gasteiger partial charge in [-0.2, -0.15) is 0 Å². The van der Waals surface area contributed by atoms with Crippen LogP contribution in [0.15, 0.2) is 97.2 Å². The summed E-state index contributed by atoms with van der Waals surface area (Å²) < 4.78 is 16.6. The van der Waals surface area contributed by atoms with Crippen LogP contribution >= 0.6 is 0 Å². The molecule has 0 fully saturated rings. The molecule has 0 bridgehead atoms. The Bertz CT molecular complexity index is 1180. The van der Waals surface area contributed by atoms with Crippen LogP contribution in [0.25, 0.3) is 0 Å². The lowest BCUT2D eigenvalue weighted by molar-refractivity contribution is -0.167. The number of unbranched alkanes of at least 4 members (excludes halogenated alkanes) is 17. The molecule has 0 aromatic carbocycles. The predicted molar refractivity (Wildman–Crippen MR) is 242 cm³/mol. The van der Waals surface area contributed by atoms with E-state index in [1.54, 1.807) is 0 Å². The highest BCUT2D eigenvalue weighted by Crippen LogP contribution is 2.11. The molecule has 1 atom stereocenters. The number of carbonyl (C=O) groups is 3. The second-order valence-corrected chi connectivity index (χ2v) is 14.7. The molecule has 0 saturated heterocycles. The number of allylic oxidation sites excluding steroid dienone is 16. The number of hydrogen-bond donors (Lipinski definition) is 0. The van der Waals surface area contributed by atoms with Gasteiger partial charge in [-0.1, -0.05) is 182 Å². The lowest BCUT2D eigenvalue weighted by Gasteiger charge is -2.18. The smallest absolute Gasteiger partial charge is 0.306 e.